The Morgan fingerprint density at radius 2 is 1.55 bits per heavy atom. The van der Waals surface area contributed by atoms with Gasteiger partial charge in [0, 0.05) is 18.7 Å². The predicted molar refractivity (Wildman–Crippen MR) is 85.5 cm³/mol. The maximum atomic E-state index is 12.5. The van der Waals surface area contributed by atoms with Gasteiger partial charge in [-0.2, -0.15) is 0 Å². The number of nitrogens with zero attached hydrogens (tertiary/aromatic N) is 1. The lowest BCUT2D eigenvalue weighted by Crippen LogP contribution is -2.46. The summed E-state index contributed by atoms with van der Waals surface area (Å²) in [6.07, 6.45) is -0.127. The topological polar surface area (TPSA) is 41.6 Å². The molecule has 0 unspecified atom stereocenters. The molecule has 2 aromatic carbocycles. The van der Waals surface area contributed by atoms with Gasteiger partial charge in [-0.3, -0.25) is 9.69 Å². The fraction of sp³-hybridized carbons (Fsp3) is 0.278. The molecule has 0 saturated carbocycles. The van der Waals surface area contributed by atoms with E-state index in [1.807, 2.05) is 60.7 Å². The Labute approximate surface area is 130 Å². The Bertz CT molecular complexity index is 595. The molecular weight excluding hydrogens is 276 g/mol. The number of amides is 1. The molecule has 1 amide bonds. The molecule has 2 aromatic rings. The van der Waals surface area contributed by atoms with Crippen LogP contribution in [0.3, 0.4) is 0 Å². The zero-order chi connectivity index (χ0) is 15.2. The lowest BCUT2D eigenvalue weighted by Gasteiger charge is -2.35. The molecule has 3 rings (SSSR count). The summed E-state index contributed by atoms with van der Waals surface area (Å²) in [5.74, 6) is -0.0547. The van der Waals surface area contributed by atoms with Gasteiger partial charge in [-0.15, -0.1) is 0 Å². The molecule has 1 heterocycles. The molecule has 0 aliphatic carbocycles. The van der Waals surface area contributed by atoms with Crippen molar-refractivity contribution in [1.29, 1.82) is 0 Å². The van der Waals surface area contributed by atoms with Crippen molar-refractivity contribution in [2.45, 2.75) is 6.17 Å². The van der Waals surface area contributed by atoms with E-state index < -0.39 is 0 Å². The normalized spacial score (nSPS) is 16.9. The van der Waals surface area contributed by atoms with Gasteiger partial charge in [-0.1, -0.05) is 48.5 Å². The van der Waals surface area contributed by atoms with Crippen molar-refractivity contribution in [3.63, 3.8) is 0 Å². The van der Waals surface area contributed by atoms with Gasteiger partial charge in [-0.05, 0) is 17.7 Å². The molecule has 1 atom stereocenters. The molecule has 0 aromatic heterocycles. The molecule has 0 spiro atoms. The second-order valence-corrected chi connectivity index (χ2v) is 5.30. The van der Waals surface area contributed by atoms with Crippen molar-refractivity contribution in [2.24, 2.45) is 0 Å². The first-order chi connectivity index (χ1) is 10.8. The molecule has 1 aliphatic rings. The van der Waals surface area contributed by atoms with Gasteiger partial charge in [0.05, 0.1) is 13.2 Å². The Morgan fingerprint density at radius 3 is 2.18 bits per heavy atom. The van der Waals surface area contributed by atoms with Crippen LogP contribution < -0.4 is 5.32 Å². The first kappa shape index (κ1) is 14.8. The fourth-order valence-corrected chi connectivity index (χ4v) is 2.65. The van der Waals surface area contributed by atoms with E-state index in [1.165, 1.54) is 0 Å². The third-order valence-corrected chi connectivity index (χ3v) is 3.83. The molecular formula is C18H20N2O2. The highest BCUT2D eigenvalue weighted by atomic mass is 16.5. The molecule has 1 aliphatic heterocycles. The van der Waals surface area contributed by atoms with Crippen LogP contribution in [0.4, 0.5) is 0 Å². The van der Waals surface area contributed by atoms with E-state index >= 15 is 0 Å². The van der Waals surface area contributed by atoms with Gasteiger partial charge < -0.3 is 10.1 Å². The van der Waals surface area contributed by atoms with Gasteiger partial charge in [0.2, 0.25) is 0 Å². The van der Waals surface area contributed by atoms with Crippen molar-refractivity contribution < 1.29 is 9.53 Å². The summed E-state index contributed by atoms with van der Waals surface area (Å²) >= 11 is 0. The number of carbonyl (C=O) groups is 1. The van der Waals surface area contributed by atoms with Crippen LogP contribution in [0.1, 0.15) is 22.1 Å². The van der Waals surface area contributed by atoms with Crippen LogP contribution >= 0.6 is 0 Å². The Hall–Kier alpha value is -2.17. The maximum absolute atomic E-state index is 12.5. The lowest BCUT2D eigenvalue weighted by atomic mass is 10.1. The monoisotopic (exact) mass is 296 g/mol. The van der Waals surface area contributed by atoms with Gasteiger partial charge in [0.25, 0.3) is 5.91 Å². The second-order valence-electron chi connectivity index (χ2n) is 5.30. The van der Waals surface area contributed by atoms with Crippen molar-refractivity contribution >= 4 is 5.91 Å². The zero-order valence-electron chi connectivity index (χ0n) is 12.4. The molecule has 4 nitrogen and oxygen atoms in total. The highest BCUT2D eigenvalue weighted by molar-refractivity contribution is 5.94. The number of hydrogen-bond acceptors (Lipinski definition) is 3. The summed E-state index contributed by atoms with van der Waals surface area (Å²) in [5, 5.41) is 3.15. The van der Waals surface area contributed by atoms with Gasteiger partial charge >= 0.3 is 0 Å². The van der Waals surface area contributed by atoms with Crippen LogP contribution in [0.25, 0.3) is 0 Å². The van der Waals surface area contributed by atoms with Crippen LogP contribution in [0.5, 0.6) is 0 Å². The van der Waals surface area contributed by atoms with Crippen LogP contribution in [-0.2, 0) is 4.74 Å². The summed E-state index contributed by atoms with van der Waals surface area (Å²) < 4.78 is 5.42. The number of carbonyl (C=O) groups excluding carboxylic acids is 1. The van der Waals surface area contributed by atoms with Crippen molar-refractivity contribution in [3.05, 3.63) is 71.8 Å². The minimum Gasteiger partial charge on any atom is -0.379 e. The molecule has 22 heavy (non-hydrogen) atoms. The number of benzene rings is 2. The van der Waals surface area contributed by atoms with Gasteiger partial charge in [0.1, 0.15) is 6.17 Å². The summed E-state index contributed by atoms with van der Waals surface area (Å²) in [6.45, 7) is 3.03. The third kappa shape index (κ3) is 3.53. The number of hydrogen-bond donors (Lipinski definition) is 1. The fourth-order valence-electron chi connectivity index (χ4n) is 2.65. The van der Waals surface area contributed by atoms with Crippen LogP contribution in [0.2, 0.25) is 0 Å². The van der Waals surface area contributed by atoms with E-state index in [9.17, 15) is 4.79 Å². The molecule has 1 N–H and O–H groups in total. The minimum atomic E-state index is -0.127. The van der Waals surface area contributed by atoms with E-state index in [2.05, 4.69) is 10.2 Å². The van der Waals surface area contributed by atoms with Crippen LogP contribution in [-0.4, -0.2) is 37.1 Å². The summed E-state index contributed by atoms with van der Waals surface area (Å²) in [5.41, 5.74) is 1.77. The van der Waals surface area contributed by atoms with E-state index in [1.54, 1.807) is 0 Å². The van der Waals surface area contributed by atoms with Crippen molar-refractivity contribution in [3.8, 4) is 0 Å². The molecule has 1 saturated heterocycles. The van der Waals surface area contributed by atoms with Crippen molar-refractivity contribution in [1.82, 2.24) is 10.2 Å². The van der Waals surface area contributed by atoms with E-state index in [0.29, 0.717) is 18.8 Å². The highest BCUT2D eigenvalue weighted by Gasteiger charge is 2.24. The van der Waals surface area contributed by atoms with Crippen LogP contribution in [0, 0.1) is 0 Å². The molecule has 114 valence electrons. The van der Waals surface area contributed by atoms with Crippen molar-refractivity contribution in [2.75, 3.05) is 26.3 Å². The van der Waals surface area contributed by atoms with Gasteiger partial charge in [0.15, 0.2) is 0 Å². The average Bonchev–Trinajstić information content (AvgIpc) is 2.62. The number of morpholine rings is 1. The smallest absolute Gasteiger partial charge is 0.252 e. The summed E-state index contributed by atoms with van der Waals surface area (Å²) in [4.78, 5) is 14.8. The summed E-state index contributed by atoms with van der Waals surface area (Å²) in [6, 6.07) is 19.4. The molecule has 0 bridgehead atoms. The maximum Gasteiger partial charge on any atom is 0.252 e. The first-order valence-electron chi connectivity index (χ1n) is 7.57. The SMILES string of the molecule is O=C(N[C@@H](c1ccccc1)N1CCOCC1)c1ccccc1. The Morgan fingerprint density at radius 1 is 0.955 bits per heavy atom. The minimum absolute atomic E-state index is 0.0547. The van der Waals surface area contributed by atoms with Gasteiger partial charge in [-0.25, -0.2) is 0 Å². The third-order valence-electron chi connectivity index (χ3n) is 3.83. The van der Waals surface area contributed by atoms with E-state index in [0.717, 1.165) is 18.7 Å². The zero-order valence-corrected chi connectivity index (χ0v) is 12.4. The molecule has 1 fully saturated rings. The summed E-state index contributed by atoms with van der Waals surface area (Å²) in [7, 11) is 0. The largest absolute Gasteiger partial charge is 0.379 e. The standard InChI is InChI=1S/C18H20N2O2/c21-18(16-9-5-2-6-10-16)19-17(15-7-3-1-4-8-15)20-11-13-22-14-12-20/h1-10,17H,11-14H2,(H,19,21)/t17-/m1/s1. The van der Waals surface area contributed by atoms with E-state index in [-0.39, 0.29) is 12.1 Å². The number of nitrogens with one attached hydrogen (secondary N) is 1. The number of rotatable bonds is 4. The van der Waals surface area contributed by atoms with Crippen LogP contribution in [0.15, 0.2) is 60.7 Å². The van der Waals surface area contributed by atoms with E-state index in [4.69, 9.17) is 4.74 Å². The molecule has 4 heteroatoms. The Balaban J connectivity index is 1.81. The first-order valence-corrected chi connectivity index (χ1v) is 7.57. The Kier molecular flexibility index (Phi) is 4.83. The molecule has 0 radical (unpaired) electrons. The average molecular weight is 296 g/mol. The second kappa shape index (κ2) is 7.20. The predicted octanol–water partition coefficient (Wildman–Crippen LogP) is 2.45. The highest BCUT2D eigenvalue weighted by Crippen LogP contribution is 2.19. The number of ether oxygens (including phenoxy) is 1. The lowest BCUT2D eigenvalue weighted by molar-refractivity contribution is 0.00847. The quantitative estimate of drug-likeness (QED) is 0.942.